The fourth-order valence-electron chi connectivity index (χ4n) is 6.27. The molecular weight excluding hydrogens is 464 g/mol. The molecule has 0 radical (unpaired) electrons. The molecule has 4 N–H and O–H groups in total. The molecule has 0 heterocycles. The zero-order valence-corrected chi connectivity index (χ0v) is 19.1. The smallest absolute Gasteiger partial charge is 0.186 e. The van der Waals surface area contributed by atoms with Gasteiger partial charge < -0.3 is 39.4 Å². The molecule has 0 fully saturated rings. The minimum absolute atomic E-state index is 0.381. The number of rotatable bonds is 8. The van der Waals surface area contributed by atoms with Gasteiger partial charge >= 0.3 is 0 Å². The summed E-state index contributed by atoms with van der Waals surface area (Å²) in [4.78, 5) is 0. The van der Waals surface area contributed by atoms with Gasteiger partial charge in [0.05, 0.1) is 0 Å². The molecule has 0 spiro atoms. The predicted molar refractivity (Wildman–Crippen MR) is 133 cm³/mol. The summed E-state index contributed by atoms with van der Waals surface area (Å²) in [6, 6.07) is 11.9. The highest BCUT2D eigenvalue weighted by Gasteiger charge is 2.33. The number of hydrogen-bond acceptors (Lipinski definition) is 8. The van der Waals surface area contributed by atoms with E-state index in [1.807, 2.05) is 36.4 Å². The molecule has 0 saturated carbocycles. The van der Waals surface area contributed by atoms with Gasteiger partial charge in [-0.3, -0.25) is 0 Å². The van der Waals surface area contributed by atoms with E-state index in [0.29, 0.717) is 23.7 Å². The average molecular weight is 486 g/mol. The molecule has 2 aliphatic carbocycles. The van der Waals surface area contributed by atoms with Crippen molar-refractivity contribution in [2.45, 2.75) is 12.5 Å². The summed E-state index contributed by atoms with van der Waals surface area (Å²) < 4.78 is 22.9. The van der Waals surface area contributed by atoms with E-state index < -0.39 is 33.3 Å². The number of aliphatic hydroxyl groups is 4. The maximum Gasteiger partial charge on any atom is 0.186 e. The monoisotopic (exact) mass is 486 g/mol. The van der Waals surface area contributed by atoms with Gasteiger partial charge in [0.25, 0.3) is 0 Å². The van der Waals surface area contributed by atoms with E-state index in [9.17, 15) is 20.4 Å². The van der Waals surface area contributed by atoms with Gasteiger partial charge in [0.2, 0.25) is 0 Å². The topological polar surface area (TPSA) is 118 Å². The minimum atomic E-state index is -0.707. The van der Waals surface area contributed by atoms with Crippen LogP contribution in [0.15, 0.2) is 36.4 Å². The molecular formula is C28H22O8. The van der Waals surface area contributed by atoms with Gasteiger partial charge in [-0.25, -0.2) is 0 Å². The number of benzene rings is 5. The molecule has 5 aromatic rings. The second kappa shape index (κ2) is 7.92. The Kier molecular flexibility index (Phi) is 4.76. The summed E-state index contributed by atoms with van der Waals surface area (Å²) in [5.41, 5.74) is 1.69. The van der Waals surface area contributed by atoms with Crippen molar-refractivity contribution < 1.29 is 39.4 Å². The van der Waals surface area contributed by atoms with Crippen molar-refractivity contribution in [3.8, 4) is 11.5 Å². The molecule has 8 heteroatoms. The van der Waals surface area contributed by atoms with Gasteiger partial charge in [-0.15, -0.1) is 0 Å². The third kappa shape index (κ3) is 2.59. The Balaban J connectivity index is 1.83. The van der Waals surface area contributed by atoms with Gasteiger partial charge in [0, 0.05) is 26.9 Å². The molecule has 1 unspecified atom stereocenters. The van der Waals surface area contributed by atoms with E-state index in [1.165, 1.54) is 0 Å². The van der Waals surface area contributed by atoms with Crippen molar-refractivity contribution in [2.24, 2.45) is 0 Å². The molecule has 36 heavy (non-hydrogen) atoms. The first-order valence-corrected chi connectivity index (χ1v) is 11.6. The summed E-state index contributed by atoms with van der Waals surface area (Å²) in [6.07, 6.45) is 1.95. The zero-order valence-electron chi connectivity index (χ0n) is 19.1. The quantitative estimate of drug-likeness (QED) is 0.149. The molecule has 8 nitrogen and oxygen atoms in total. The van der Waals surface area contributed by atoms with Crippen LogP contribution >= 0.6 is 0 Å². The van der Waals surface area contributed by atoms with Crippen molar-refractivity contribution in [3.05, 3.63) is 58.0 Å². The molecule has 182 valence electrons. The molecule has 0 amide bonds. The SMILES string of the molecule is OCOC1=c2ccc3c4c5c(c(OCO)c(OCO)c6ccc7ccc(c(c24)c7c65)C1OCO)CC=3. The highest BCUT2D eigenvalue weighted by molar-refractivity contribution is 6.37. The maximum absolute atomic E-state index is 9.71. The zero-order chi connectivity index (χ0) is 24.6. The number of hydrogen-bond donors (Lipinski definition) is 4. The summed E-state index contributed by atoms with van der Waals surface area (Å²) in [5, 5.41) is 48.3. The predicted octanol–water partition coefficient (Wildman–Crippen LogP) is 1.83. The lowest BCUT2D eigenvalue weighted by Gasteiger charge is -2.30. The van der Waals surface area contributed by atoms with Crippen LogP contribution < -0.4 is 19.9 Å². The van der Waals surface area contributed by atoms with Crippen molar-refractivity contribution >= 4 is 54.9 Å². The van der Waals surface area contributed by atoms with E-state index in [0.717, 1.165) is 64.7 Å². The Morgan fingerprint density at radius 2 is 1.44 bits per heavy atom. The molecule has 0 saturated heterocycles. The first kappa shape index (κ1) is 21.6. The van der Waals surface area contributed by atoms with Gasteiger partial charge in [-0.2, -0.15) is 0 Å². The Bertz CT molecular complexity index is 1820. The van der Waals surface area contributed by atoms with Crippen LogP contribution in [0.4, 0.5) is 0 Å². The molecule has 0 bridgehead atoms. The fraction of sp³-hybridized carbons (Fsp3) is 0.214. The normalized spacial score (nSPS) is 16.1. The first-order chi connectivity index (χ1) is 17.7. The van der Waals surface area contributed by atoms with Crippen molar-refractivity contribution in [3.63, 3.8) is 0 Å². The van der Waals surface area contributed by atoms with Crippen LogP contribution in [0.25, 0.3) is 54.9 Å². The molecule has 1 atom stereocenters. The fourth-order valence-corrected chi connectivity index (χ4v) is 6.27. The summed E-state index contributed by atoms with van der Waals surface area (Å²) in [6.45, 7) is -2.13. The van der Waals surface area contributed by atoms with Crippen molar-refractivity contribution in [1.29, 1.82) is 0 Å². The van der Waals surface area contributed by atoms with Gasteiger partial charge in [-0.1, -0.05) is 36.4 Å². The van der Waals surface area contributed by atoms with Crippen LogP contribution in [-0.2, 0) is 15.9 Å². The van der Waals surface area contributed by atoms with Crippen molar-refractivity contribution in [1.82, 2.24) is 0 Å². The van der Waals surface area contributed by atoms with Crippen LogP contribution in [0, 0.1) is 0 Å². The van der Waals surface area contributed by atoms with E-state index in [-0.39, 0.29) is 0 Å². The summed E-state index contributed by atoms with van der Waals surface area (Å²) >= 11 is 0. The third-order valence-electron chi connectivity index (χ3n) is 7.42. The largest absolute Gasteiger partial charge is 0.468 e. The second-order valence-electron chi connectivity index (χ2n) is 8.85. The lowest BCUT2D eigenvalue weighted by Crippen LogP contribution is -2.26. The molecule has 5 aromatic carbocycles. The maximum atomic E-state index is 9.71. The minimum Gasteiger partial charge on any atom is -0.468 e. The van der Waals surface area contributed by atoms with E-state index in [1.54, 1.807) is 0 Å². The lowest BCUT2D eigenvalue weighted by atomic mass is 9.79. The van der Waals surface area contributed by atoms with Crippen LogP contribution in [0.3, 0.4) is 0 Å². The van der Waals surface area contributed by atoms with E-state index >= 15 is 0 Å². The van der Waals surface area contributed by atoms with E-state index in [2.05, 4.69) is 6.08 Å². The highest BCUT2D eigenvalue weighted by Crippen LogP contribution is 2.52. The summed E-state index contributed by atoms with van der Waals surface area (Å²) in [7, 11) is 0. The van der Waals surface area contributed by atoms with Gasteiger partial charge in [-0.05, 0) is 50.2 Å². The Hall–Kier alpha value is -3.66. The Labute approximate surface area is 203 Å². The molecule has 2 aliphatic rings. The molecule has 0 aromatic heterocycles. The Morgan fingerprint density at radius 1 is 0.667 bits per heavy atom. The van der Waals surface area contributed by atoms with Gasteiger partial charge in [0.1, 0.15) is 18.7 Å². The van der Waals surface area contributed by atoms with Crippen LogP contribution in [0.5, 0.6) is 11.5 Å². The summed E-state index contributed by atoms with van der Waals surface area (Å²) in [5.74, 6) is 1.22. The van der Waals surface area contributed by atoms with Crippen LogP contribution in [-0.4, -0.2) is 47.6 Å². The van der Waals surface area contributed by atoms with Crippen LogP contribution in [0.2, 0.25) is 0 Å². The Morgan fingerprint density at radius 3 is 2.22 bits per heavy atom. The standard InChI is InChI=1S/C28H22O8/c29-9-33-25-15-5-1-13-2-6-16-22-19(13)21(15)23-17(26(25)34-10-30)7-3-14-4-8-18(24(22)20(14)23)28(36-12-32)27(16)35-11-31/h1-7,25,29-32H,8-12H2. The van der Waals surface area contributed by atoms with E-state index in [4.69, 9.17) is 18.9 Å². The highest BCUT2D eigenvalue weighted by atomic mass is 16.6. The van der Waals surface area contributed by atoms with Gasteiger partial charge in [0.15, 0.2) is 31.9 Å². The molecule has 0 aliphatic heterocycles. The average Bonchev–Trinajstić information content (AvgIpc) is 2.90. The second-order valence-corrected chi connectivity index (χ2v) is 8.85. The first-order valence-electron chi connectivity index (χ1n) is 11.6. The third-order valence-corrected chi connectivity index (χ3v) is 7.42. The molecule has 7 rings (SSSR count). The van der Waals surface area contributed by atoms with Crippen molar-refractivity contribution in [2.75, 3.05) is 27.2 Å². The number of ether oxygens (including phenoxy) is 4. The lowest BCUT2D eigenvalue weighted by molar-refractivity contribution is -0.0492. The van der Waals surface area contributed by atoms with Crippen LogP contribution in [0.1, 0.15) is 17.2 Å². The number of aliphatic hydroxyl groups excluding tert-OH is 4.